The topological polar surface area (TPSA) is 83.8 Å². The number of carbonyl (C=O) groups excluding carboxylic acids is 1. The average molecular weight is 549 g/mol. The number of hydrogen-bond donors (Lipinski definition) is 1. The van der Waals surface area contributed by atoms with Gasteiger partial charge in [-0.2, -0.15) is 5.10 Å². The van der Waals surface area contributed by atoms with Crippen LogP contribution in [0.25, 0.3) is 5.69 Å². The van der Waals surface area contributed by atoms with Gasteiger partial charge in [0.15, 0.2) is 0 Å². The van der Waals surface area contributed by atoms with Gasteiger partial charge in [-0.15, -0.1) is 0 Å². The van der Waals surface area contributed by atoms with Crippen LogP contribution in [0.4, 0.5) is 5.69 Å². The van der Waals surface area contributed by atoms with Crippen molar-refractivity contribution in [2.45, 2.75) is 32.6 Å². The number of rotatable bonds is 8. The molecule has 0 saturated carbocycles. The van der Waals surface area contributed by atoms with Gasteiger partial charge in [-0.3, -0.25) is 9.10 Å². The summed E-state index contributed by atoms with van der Waals surface area (Å²) in [6.45, 7) is 7.38. The normalized spacial score (nSPS) is 11.6. The number of aromatic nitrogens is 1. The van der Waals surface area contributed by atoms with Gasteiger partial charge in [-0.1, -0.05) is 59.1 Å². The molecule has 196 valence electrons. The number of hydrazone groups is 1. The number of carbonyl (C=O) groups is 1. The van der Waals surface area contributed by atoms with Gasteiger partial charge in [0.25, 0.3) is 15.9 Å². The minimum Gasteiger partial charge on any atom is -0.318 e. The molecular weight excluding hydrogens is 520 g/mol. The molecule has 0 aliphatic heterocycles. The molecule has 4 aromatic rings. The molecule has 4 rings (SSSR count). The molecule has 1 heterocycles. The monoisotopic (exact) mass is 548 g/mol. The number of anilines is 1. The summed E-state index contributed by atoms with van der Waals surface area (Å²) in [5, 5.41) is 4.32. The Labute approximate surface area is 228 Å². The van der Waals surface area contributed by atoms with E-state index in [1.165, 1.54) is 17.7 Å². The fourth-order valence-corrected chi connectivity index (χ4v) is 5.87. The highest BCUT2D eigenvalue weighted by molar-refractivity contribution is 7.92. The summed E-state index contributed by atoms with van der Waals surface area (Å²) in [5.74, 6) is -0.607. The van der Waals surface area contributed by atoms with Crippen LogP contribution in [0.2, 0.25) is 5.02 Å². The van der Waals surface area contributed by atoms with Gasteiger partial charge in [0, 0.05) is 22.6 Å². The van der Waals surface area contributed by atoms with Crippen LogP contribution in [0.5, 0.6) is 0 Å². The lowest BCUT2D eigenvalue weighted by Gasteiger charge is -2.24. The summed E-state index contributed by atoms with van der Waals surface area (Å²) in [4.78, 5) is 12.9. The fraction of sp³-hybridized carbons (Fsp3) is 0.172. The third kappa shape index (κ3) is 5.82. The molecule has 0 aliphatic carbocycles. The van der Waals surface area contributed by atoms with Crippen molar-refractivity contribution in [3.8, 4) is 5.69 Å². The van der Waals surface area contributed by atoms with Crippen molar-refractivity contribution in [1.29, 1.82) is 0 Å². The van der Waals surface area contributed by atoms with Crippen LogP contribution < -0.4 is 9.73 Å². The maximum absolute atomic E-state index is 13.5. The van der Waals surface area contributed by atoms with Crippen LogP contribution in [0.3, 0.4) is 0 Å². The molecule has 0 fully saturated rings. The van der Waals surface area contributed by atoms with Crippen molar-refractivity contribution >= 4 is 39.4 Å². The Bertz CT molecular complexity index is 1590. The van der Waals surface area contributed by atoms with Crippen LogP contribution in [0, 0.1) is 27.7 Å². The van der Waals surface area contributed by atoms with E-state index in [1.54, 1.807) is 42.6 Å². The second-order valence-electron chi connectivity index (χ2n) is 9.07. The van der Waals surface area contributed by atoms with E-state index < -0.39 is 22.5 Å². The number of nitrogens with zero attached hydrogens (tertiary/aromatic N) is 3. The van der Waals surface area contributed by atoms with E-state index >= 15 is 0 Å². The third-order valence-electron chi connectivity index (χ3n) is 6.17. The summed E-state index contributed by atoms with van der Waals surface area (Å²) >= 11 is 6.33. The van der Waals surface area contributed by atoms with Gasteiger partial charge in [0.05, 0.1) is 21.8 Å². The van der Waals surface area contributed by atoms with Crippen LogP contribution >= 0.6 is 11.6 Å². The Morgan fingerprint density at radius 2 is 1.55 bits per heavy atom. The molecule has 0 saturated heterocycles. The first-order chi connectivity index (χ1) is 18.1. The largest absolute Gasteiger partial charge is 0.318 e. The number of aryl methyl sites for hydroxylation is 3. The molecule has 1 amide bonds. The number of halogens is 1. The van der Waals surface area contributed by atoms with E-state index in [4.69, 9.17) is 11.6 Å². The Morgan fingerprint density at radius 1 is 0.947 bits per heavy atom. The quantitative estimate of drug-likeness (QED) is 0.226. The van der Waals surface area contributed by atoms with Gasteiger partial charge in [0.2, 0.25) is 0 Å². The van der Waals surface area contributed by atoms with Gasteiger partial charge in [-0.25, -0.2) is 13.8 Å². The van der Waals surface area contributed by atoms with Crippen LogP contribution in [-0.4, -0.2) is 31.7 Å². The lowest BCUT2D eigenvalue weighted by Crippen LogP contribution is -2.39. The number of amides is 1. The van der Waals surface area contributed by atoms with E-state index in [0.29, 0.717) is 0 Å². The molecule has 7 nitrogen and oxygen atoms in total. The standard InChI is InChI=1S/C29H29ClN4O3S/c1-20-9-13-25(14-10-20)34-22(3)17-24(23(34)4)18-31-32-29(35)19-33(28-8-6-5-7-27(28)30)38(36,37)26-15-11-21(2)12-16-26/h5-18H,19H2,1-4H3,(H,32,35)/b31-18+. The molecule has 38 heavy (non-hydrogen) atoms. The molecule has 1 aromatic heterocycles. The molecule has 0 radical (unpaired) electrons. The highest BCUT2D eigenvalue weighted by atomic mass is 35.5. The molecule has 0 atom stereocenters. The molecular formula is C29H29ClN4O3S. The number of para-hydroxylation sites is 1. The Hall–Kier alpha value is -3.88. The third-order valence-corrected chi connectivity index (χ3v) is 8.27. The highest BCUT2D eigenvalue weighted by Gasteiger charge is 2.28. The van der Waals surface area contributed by atoms with E-state index in [1.807, 2.05) is 33.8 Å². The molecule has 1 N–H and O–H groups in total. The molecule has 0 bridgehead atoms. The SMILES string of the molecule is Cc1ccc(-n2c(C)cc(/C=N/NC(=O)CN(c3ccccc3Cl)S(=O)(=O)c3ccc(C)cc3)c2C)cc1. The summed E-state index contributed by atoms with van der Waals surface area (Å²) < 4.78 is 30.1. The van der Waals surface area contributed by atoms with Crippen LogP contribution in [0.15, 0.2) is 88.9 Å². The smallest absolute Gasteiger partial charge is 0.264 e. The van der Waals surface area contributed by atoms with E-state index in [-0.39, 0.29) is 15.6 Å². The predicted octanol–water partition coefficient (Wildman–Crippen LogP) is 5.71. The molecule has 0 unspecified atom stereocenters. The lowest BCUT2D eigenvalue weighted by atomic mass is 10.2. The number of nitrogens with one attached hydrogen (secondary N) is 1. The second kappa shape index (κ2) is 11.2. The number of hydrogen-bond acceptors (Lipinski definition) is 4. The number of sulfonamides is 1. The Balaban J connectivity index is 1.56. The van der Waals surface area contributed by atoms with E-state index in [2.05, 4.69) is 39.4 Å². The molecule has 9 heteroatoms. The highest BCUT2D eigenvalue weighted by Crippen LogP contribution is 2.30. The van der Waals surface area contributed by atoms with Gasteiger partial charge < -0.3 is 4.57 Å². The fourth-order valence-electron chi connectivity index (χ4n) is 4.14. The first-order valence-electron chi connectivity index (χ1n) is 12.0. The van der Waals surface area contributed by atoms with Gasteiger partial charge in [0.1, 0.15) is 6.54 Å². The second-order valence-corrected chi connectivity index (χ2v) is 11.3. The van der Waals surface area contributed by atoms with Crippen molar-refractivity contribution in [2.24, 2.45) is 5.10 Å². The van der Waals surface area contributed by atoms with Gasteiger partial charge >= 0.3 is 0 Å². The van der Waals surface area contributed by atoms with Crippen molar-refractivity contribution in [3.05, 3.63) is 112 Å². The van der Waals surface area contributed by atoms with E-state index in [9.17, 15) is 13.2 Å². The molecule has 0 aliphatic rings. The minimum atomic E-state index is -4.08. The summed E-state index contributed by atoms with van der Waals surface area (Å²) in [6, 6.07) is 23.1. The van der Waals surface area contributed by atoms with Crippen molar-refractivity contribution in [2.75, 3.05) is 10.8 Å². The maximum Gasteiger partial charge on any atom is 0.264 e. The van der Waals surface area contributed by atoms with Crippen molar-refractivity contribution < 1.29 is 13.2 Å². The first kappa shape index (κ1) is 27.2. The zero-order chi connectivity index (χ0) is 27.4. The minimum absolute atomic E-state index is 0.0582. The van der Waals surface area contributed by atoms with E-state index in [0.717, 1.165) is 32.5 Å². The first-order valence-corrected chi connectivity index (χ1v) is 13.8. The van der Waals surface area contributed by atoms with Crippen molar-refractivity contribution in [1.82, 2.24) is 9.99 Å². The summed E-state index contributed by atoms with van der Waals surface area (Å²) in [5.41, 5.74) is 8.61. The summed E-state index contributed by atoms with van der Waals surface area (Å²) in [6.07, 6.45) is 1.55. The average Bonchev–Trinajstić information content (AvgIpc) is 3.16. The Morgan fingerprint density at radius 3 is 2.18 bits per heavy atom. The van der Waals surface area contributed by atoms with Gasteiger partial charge in [-0.05, 0) is 70.2 Å². The zero-order valence-corrected chi connectivity index (χ0v) is 23.2. The maximum atomic E-state index is 13.5. The molecule has 0 spiro atoms. The van der Waals surface area contributed by atoms with Crippen molar-refractivity contribution in [3.63, 3.8) is 0 Å². The predicted molar refractivity (Wildman–Crippen MR) is 153 cm³/mol. The van der Waals surface area contributed by atoms with Crippen LogP contribution in [-0.2, 0) is 14.8 Å². The molecule has 3 aromatic carbocycles. The summed E-state index contributed by atoms with van der Waals surface area (Å²) in [7, 11) is -4.08. The Kier molecular flexibility index (Phi) is 8.04. The number of benzene rings is 3. The van der Waals surface area contributed by atoms with Crippen LogP contribution in [0.1, 0.15) is 28.1 Å². The lowest BCUT2D eigenvalue weighted by molar-refractivity contribution is -0.119. The zero-order valence-electron chi connectivity index (χ0n) is 21.6.